The monoisotopic (exact) mass is 208 g/mol. The van der Waals surface area contributed by atoms with E-state index >= 15 is 0 Å². The van der Waals surface area contributed by atoms with E-state index in [-0.39, 0.29) is 5.97 Å². The summed E-state index contributed by atoms with van der Waals surface area (Å²) in [6, 6.07) is 6.77. The Bertz CT molecular complexity index is 321. The van der Waals surface area contributed by atoms with Gasteiger partial charge >= 0.3 is 13.1 Å². The van der Waals surface area contributed by atoms with Crippen LogP contribution in [0.3, 0.4) is 0 Å². The van der Waals surface area contributed by atoms with Crippen LogP contribution in [-0.4, -0.2) is 30.2 Å². The maximum Gasteiger partial charge on any atom is 0.488 e. The van der Waals surface area contributed by atoms with Crippen molar-refractivity contribution in [1.82, 2.24) is 0 Å². The van der Waals surface area contributed by atoms with E-state index in [1.165, 1.54) is 7.11 Å². The number of hydrogen-bond acceptors (Lipinski definition) is 4. The molecule has 4 nitrogen and oxygen atoms in total. The standard InChI is InChI=1S/C10H13BO4/c1-15-10(12)7-4-8-2-5-9(6-3-8)11(13)14/h2-3,5-6,13-14H,4,7H2,1H3. The molecule has 0 aliphatic rings. The van der Waals surface area contributed by atoms with Crippen molar-refractivity contribution in [2.45, 2.75) is 12.8 Å². The van der Waals surface area contributed by atoms with Gasteiger partial charge in [0.2, 0.25) is 0 Å². The summed E-state index contributed by atoms with van der Waals surface area (Å²) in [7, 11) is -0.0900. The minimum absolute atomic E-state index is 0.249. The molecule has 0 spiro atoms. The number of aryl methyl sites for hydroxylation is 1. The van der Waals surface area contributed by atoms with Crippen molar-refractivity contribution >= 4 is 18.6 Å². The average molecular weight is 208 g/mol. The fraction of sp³-hybridized carbons (Fsp3) is 0.300. The van der Waals surface area contributed by atoms with Crippen LogP contribution in [0.25, 0.3) is 0 Å². The summed E-state index contributed by atoms with van der Waals surface area (Å²) in [4.78, 5) is 10.9. The fourth-order valence-corrected chi connectivity index (χ4v) is 1.20. The van der Waals surface area contributed by atoms with Crippen LogP contribution in [0.1, 0.15) is 12.0 Å². The highest BCUT2D eigenvalue weighted by Crippen LogP contribution is 2.02. The van der Waals surface area contributed by atoms with Gasteiger partial charge in [0.15, 0.2) is 0 Å². The van der Waals surface area contributed by atoms with E-state index < -0.39 is 7.12 Å². The minimum Gasteiger partial charge on any atom is -0.469 e. The Morgan fingerprint density at radius 3 is 2.40 bits per heavy atom. The summed E-state index contributed by atoms with van der Waals surface area (Å²) < 4.78 is 4.51. The second-order valence-corrected chi connectivity index (χ2v) is 3.19. The van der Waals surface area contributed by atoms with Crippen molar-refractivity contribution in [3.63, 3.8) is 0 Å². The molecule has 0 atom stereocenters. The maximum atomic E-state index is 10.9. The summed E-state index contributed by atoms with van der Waals surface area (Å²) in [6.07, 6.45) is 0.923. The molecule has 5 heteroatoms. The molecular formula is C10H13BO4. The molecule has 80 valence electrons. The Balaban J connectivity index is 2.53. The molecule has 1 aromatic carbocycles. The van der Waals surface area contributed by atoms with Gasteiger partial charge in [0.05, 0.1) is 7.11 Å². The number of ether oxygens (including phenoxy) is 1. The summed E-state index contributed by atoms with van der Waals surface area (Å²) in [6.45, 7) is 0. The molecule has 1 aromatic rings. The zero-order valence-corrected chi connectivity index (χ0v) is 8.51. The van der Waals surface area contributed by atoms with Gasteiger partial charge in [0.25, 0.3) is 0 Å². The van der Waals surface area contributed by atoms with Crippen molar-refractivity contribution in [2.75, 3.05) is 7.11 Å². The van der Waals surface area contributed by atoms with Gasteiger partial charge in [-0.1, -0.05) is 24.3 Å². The van der Waals surface area contributed by atoms with Crippen molar-refractivity contribution in [1.29, 1.82) is 0 Å². The van der Waals surface area contributed by atoms with Crippen molar-refractivity contribution in [3.8, 4) is 0 Å². The third kappa shape index (κ3) is 3.73. The van der Waals surface area contributed by atoms with Crippen LogP contribution in [0.15, 0.2) is 24.3 Å². The number of methoxy groups -OCH3 is 1. The SMILES string of the molecule is COC(=O)CCc1ccc(B(O)O)cc1. The molecule has 1 rings (SSSR count). The van der Waals surface area contributed by atoms with Crippen LogP contribution in [-0.2, 0) is 16.0 Å². The second-order valence-electron chi connectivity index (χ2n) is 3.19. The number of rotatable bonds is 4. The lowest BCUT2D eigenvalue weighted by Gasteiger charge is -2.02. The third-order valence-electron chi connectivity index (χ3n) is 2.12. The van der Waals surface area contributed by atoms with Crippen LogP contribution < -0.4 is 5.46 Å². The molecule has 15 heavy (non-hydrogen) atoms. The molecule has 0 radical (unpaired) electrons. The highest BCUT2D eigenvalue weighted by molar-refractivity contribution is 6.58. The maximum absolute atomic E-state index is 10.9. The van der Waals surface area contributed by atoms with E-state index in [2.05, 4.69) is 4.74 Å². The van der Waals surface area contributed by atoms with Crippen molar-refractivity contribution in [2.24, 2.45) is 0 Å². The predicted octanol–water partition coefficient (Wildman–Crippen LogP) is -0.528. The topological polar surface area (TPSA) is 66.8 Å². The van der Waals surface area contributed by atoms with Gasteiger partial charge < -0.3 is 14.8 Å². The average Bonchev–Trinajstić information content (AvgIpc) is 2.26. The van der Waals surface area contributed by atoms with E-state index in [9.17, 15) is 4.79 Å². The minimum atomic E-state index is -1.44. The lowest BCUT2D eigenvalue weighted by atomic mass is 9.80. The zero-order chi connectivity index (χ0) is 11.3. The number of esters is 1. The largest absolute Gasteiger partial charge is 0.488 e. The Morgan fingerprint density at radius 1 is 1.33 bits per heavy atom. The third-order valence-corrected chi connectivity index (χ3v) is 2.12. The van der Waals surface area contributed by atoms with Gasteiger partial charge in [-0.3, -0.25) is 4.79 Å². The first-order valence-corrected chi connectivity index (χ1v) is 4.65. The summed E-state index contributed by atoms with van der Waals surface area (Å²) >= 11 is 0. The molecule has 0 aliphatic heterocycles. The predicted molar refractivity (Wildman–Crippen MR) is 56.6 cm³/mol. The number of benzene rings is 1. The normalized spacial score (nSPS) is 9.80. The molecule has 0 fully saturated rings. The smallest absolute Gasteiger partial charge is 0.469 e. The molecule has 0 aliphatic carbocycles. The lowest BCUT2D eigenvalue weighted by Crippen LogP contribution is -2.29. The number of carbonyl (C=O) groups is 1. The molecule has 0 bridgehead atoms. The summed E-state index contributed by atoms with van der Waals surface area (Å²) in [5, 5.41) is 17.7. The number of hydrogen-bond donors (Lipinski definition) is 2. The van der Waals surface area contributed by atoms with Crippen molar-refractivity contribution < 1.29 is 19.6 Å². The van der Waals surface area contributed by atoms with Crippen LogP contribution in [0.5, 0.6) is 0 Å². The van der Waals surface area contributed by atoms with Gasteiger partial charge in [-0.2, -0.15) is 0 Å². The first-order chi connectivity index (χ1) is 7.13. The molecule has 0 aromatic heterocycles. The van der Waals surface area contributed by atoms with E-state index in [0.717, 1.165) is 5.56 Å². The number of carbonyl (C=O) groups excluding carboxylic acids is 1. The molecule has 0 unspecified atom stereocenters. The molecular weight excluding hydrogens is 195 g/mol. The van der Waals surface area contributed by atoms with E-state index in [4.69, 9.17) is 10.0 Å². The quantitative estimate of drug-likeness (QED) is 0.515. The molecule has 0 amide bonds. The van der Waals surface area contributed by atoms with E-state index in [1.807, 2.05) is 0 Å². The molecule has 0 saturated heterocycles. The lowest BCUT2D eigenvalue weighted by molar-refractivity contribution is -0.140. The van der Waals surface area contributed by atoms with Gasteiger partial charge in [-0.05, 0) is 17.4 Å². The highest BCUT2D eigenvalue weighted by atomic mass is 16.5. The van der Waals surface area contributed by atoms with E-state index in [0.29, 0.717) is 18.3 Å². The van der Waals surface area contributed by atoms with Gasteiger partial charge in [0, 0.05) is 6.42 Å². The molecule has 2 N–H and O–H groups in total. The Labute approximate surface area is 88.6 Å². The van der Waals surface area contributed by atoms with Gasteiger partial charge in [-0.15, -0.1) is 0 Å². The van der Waals surface area contributed by atoms with Crippen molar-refractivity contribution in [3.05, 3.63) is 29.8 Å². The van der Waals surface area contributed by atoms with E-state index in [1.54, 1.807) is 24.3 Å². The van der Waals surface area contributed by atoms with Crippen LogP contribution in [0.4, 0.5) is 0 Å². The Morgan fingerprint density at radius 2 is 1.93 bits per heavy atom. The Kier molecular flexibility index (Phi) is 4.33. The first-order valence-electron chi connectivity index (χ1n) is 4.65. The summed E-state index contributed by atoms with van der Waals surface area (Å²) in [5.74, 6) is -0.249. The second kappa shape index (κ2) is 5.53. The zero-order valence-electron chi connectivity index (χ0n) is 8.51. The summed E-state index contributed by atoms with van der Waals surface area (Å²) in [5.41, 5.74) is 1.40. The van der Waals surface area contributed by atoms with Crippen LogP contribution in [0.2, 0.25) is 0 Å². The molecule has 0 saturated carbocycles. The van der Waals surface area contributed by atoms with Crippen LogP contribution in [0, 0.1) is 0 Å². The van der Waals surface area contributed by atoms with Gasteiger partial charge in [0.1, 0.15) is 0 Å². The van der Waals surface area contributed by atoms with Crippen LogP contribution >= 0.6 is 0 Å². The highest BCUT2D eigenvalue weighted by Gasteiger charge is 2.09. The fourth-order valence-electron chi connectivity index (χ4n) is 1.20. The first kappa shape index (κ1) is 11.7. The molecule has 0 heterocycles. The Hall–Kier alpha value is -1.33. The van der Waals surface area contributed by atoms with Gasteiger partial charge in [-0.25, -0.2) is 0 Å².